The van der Waals surface area contributed by atoms with Crippen molar-refractivity contribution >= 4 is 42.1 Å². The van der Waals surface area contributed by atoms with E-state index in [4.69, 9.17) is 3.21 Å². The van der Waals surface area contributed by atoms with Gasteiger partial charge in [-0.05, 0) is 0 Å². The van der Waals surface area contributed by atoms with Crippen LogP contribution in [0, 0.1) is 12.9 Å². The van der Waals surface area contributed by atoms with Crippen LogP contribution in [0.1, 0.15) is 16.7 Å². The Balaban J connectivity index is 1.68. The Bertz CT molecular complexity index is 953. The summed E-state index contributed by atoms with van der Waals surface area (Å²) >= 11 is -0.981. The molecule has 0 fully saturated rings. The molecule has 0 saturated heterocycles. The number of halogens is 1. The fourth-order valence-corrected chi connectivity index (χ4v) is 5.46. The minimum absolute atomic E-state index is 0.469. The SMILES string of the molecule is Cc1cccc(Nc2cc[c]3c(c2)C(c2ccnc(F)c2)=[N][Sn]3)c1. The van der Waals surface area contributed by atoms with Gasteiger partial charge in [0.2, 0.25) is 0 Å². The molecule has 1 aliphatic heterocycles. The Morgan fingerprint density at radius 3 is 2.71 bits per heavy atom. The molecule has 0 unspecified atom stereocenters. The van der Waals surface area contributed by atoms with Crippen LogP contribution in [0.2, 0.25) is 0 Å². The second kappa shape index (κ2) is 6.36. The average Bonchev–Trinajstić information content (AvgIpc) is 2.98. The molecule has 1 N–H and O–H groups in total. The molecule has 0 spiro atoms. The van der Waals surface area contributed by atoms with E-state index in [1.54, 1.807) is 0 Å². The van der Waals surface area contributed by atoms with Crippen LogP contribution in [0.5, 0.6) is 0 Å². The van der Waals surface area contributed by atoms with Crippen molar-refractivity contribution < 1.29 is 4.39 Å². The number of benzene rings is 2. The second-order valence-electron chi connectivity index (χ2n) is 5.69. The zero-order valence-corrected chi connectivity index (χ0v) is 15.9. The topological polar surface area (TPSA) is 37.3 Å². The van der Waals surface area contributed by atoms with Crippen molar-refractivity contribution in [2.45, 2.75) is 6.92 Å². The summed E-state index contributed by atoms with van der Waals surface area (Å²) in [7, 11) is 0. The van der Waals surface area contributed by atoms with Gasteiger partial charge in [0, 0.05) is 0 Å². The van der Waals surface area contributed by atoms with E-state index in [9.17, 15) is 4.39 Å². The first-order valence-corrected chi connectivity index (χ1v) is 10.3. The van der Waals surface area contributed by atoms with Crippen LogP contribution in [-0.4, -0.2) is 32.1 Å². The number of fused-ring (bicyclic) bond motifs is 1. The van der Waals surface area contributed by atoms with Crippen LogP contribution in [0.3, 0.4) is 0 Å². The molecule has 5 heteroatoms. The summed E-state index contributed by atoms with van der Waals surface area (Å²) in [5, 5.41) is 3.44. The Labute approximate surface area is 150 Å². The summed E-state index contributed by atoms with van der Waals surface area (Å²) in [4.78, 5) is 3.63. The van der Waals surface area contributed by atoms with Crippen molar-refractivity contribution in [2.24, 2.45) is 3.21 Å². The molecule has 0 saturated carbocycles. The molecule has 0 atom stereocenters. The molecule has 3 nitrogen and oxygen atoms in total. The average molecular weight is 422 g/mol. The van der Waals surface area contributed by atoms with Crippen molar-refractivity contribution in [2.75, 3.05) is 5.32 Å². The van der Waals surface area contributed by atoms with E-state index in [2.05, 4.69) is 47.6 Å². The monoisotopic (exact) mass is 423 g/mol. The van der Waals surface area contributed by atoms with Gasteiger partial charge in [-0.3, -0.25) is 0 Å². The van der Waals surface area contributed by atoms with E-state index in [-0.39, 0.29) is 0 Å². The van der Waals surface area contributed by atoms with Gasteiger partial charge >= 0.3 is 150 Å². The van der Waals surface area contributed by atoms with E-state index in [0.717, 1.165) is 28.2 Å². The number of aromatic nitrogens is 1. The van der Waals surface area contributed by atoms with Crippen LogP contribution in [0.15, 0.2) is 64.0 Å². The summed E-state index contributed by atoms with van der Waals surface area (Å²) in [6, 6.07) is 17.9. The number of hydrogen-bond donors (Lipinski definition) is 1. The Kier molecular flexibility index (Phi) is 4.06. The third-order valence-electron chi connectivity index (χ3n) is 3.87. The molecule has 116 valence electrons. The summed E-state index contributed by atoms with van der Waals surface area (Å²) in [5.41, 5.74) is 6.10. The third kappa shape index (κ3) is 3.06. The first-order valence-electron chi connectivity index (χ1n) is 7.63. The quantitative estimate of drug-likeness (QED) is 0.520. The second-order valence-corrected chi connectivity index (χ2v) is 8.51. The third-order valence-corrected chi connectivity index (χ3v) is 6.76. The van der Waals surface area contributed by atoms with Gasteiger partial charge in [-0.25, -0.2) is 0 Å². The number of hydrogen-bond acceptors (Lipinski definition) is 3. The van der Waals surface area contributed by atoms with Gasteiger partial charge in [0.1, 0.15) is 0 Å². The molecule has 2 radical (unpaired) electrons. The number of aryl methyl sites for hydroxylation is 1. The fourth-order valence-electron chi connectivity index (χ4n) is 2.75. The zero-order valence-electron chi connectivity index (χ0n) is 13.0. The molecule has 1 aliphatic rings. The predicted octanol–water partition coefficient (Wildman–Crippen LogP) is 3.37. The molecule has 0 aliphatic carbocycles. The van der Waals surface area contributed by atoms with Crippen molar-refractivity contribution in [1.29, 1.82) is 0 Å². The van der Waals surface area contributed by atoms with Gasteiger partial charge in [-0.15, -0.1) is 0 Å². The maximum absolute atomic E-state index is 13.4. The van der Waals surface area contributed by atoms with Gasteiger partial charge in [0.05, 0.1) is 0 Å². The van der Waals surface area contributed by atoms with Gasteiger partial charge in [-0.2, -0.15) is 0 Å². The summed E-state index contributed by atoms with van der Waals surface area (Å²) in [6.45, 7) is 2.07. The van der Waals surface area contributed by atoms with Crippen LogP contribution in [-0.2, 0) is 0 Å². The van der Waals surface area contributed by atoms with Crippen LogP contribution in [0.25, 0.3) is 0 Å². The Morgan fingerprint density at radius 1 is 1.00 bits per heavy atom. The normalized spacial score (nSPS) is 12.7. The van der Waals surface area contributed by atoms with E-state index >= 15 is 0 Å². The Hall–Kier alpha value is -2.21. The van der Waals surface area contributed by atoms with Gasteiger partial charge in [-0.1, -0.05) is 0 Å². The van der Waals surface area contributed by atoms with Crippen molar-refractivity contribution in [3.63, 3.8) is 0 Å². The molecular formula is C19H14FN3Sn. The Morgan fingerprint density at radius 2 is 1.88 bits per heavy atom. The van der Waals surface area contributed by atoms with Crippen LogP contribution in [0.4, 0.5) is 15.8 Å². The molecule has 0 bridgehead atoms. The first-order chi connectivity index (χ1) is 11.7. The molecule has 2 aromatic carbocycles. The van der Waals surface area contributed by atoms with E-state index in [0.29, 0.717) is 0 Å². The van der Waals surface area contributed by atoms with E-state index in [1.165, 1.54) is 21.4 Å². The van der Waals surface area contributed by atoms with Gasteiger partial charge < -0.3 is 0 Å². The van der Waals surface area contributed by atoms with E-state index < -0.39 is 27.4 Å². The molecule has 4 rings (SSSR count). The van der Waals surface area contributed by atoms with Crippen molar-refractivity contribution in [3.8, 4) is 0 Å². The van der Waals surface area contributed by atoms with Crippen LogP contribution < -0.4 is 8.90 Å². The maximum atomic E-state index is 13.4. The fraction of sp³-hybridized carbons (Fsp3) is 0.0526. The van der Waals surface area contributed by atoms with Gasteiger partial charge in [0.15, 0.2) is 0 Å². The molecule has 3 aromatic rings. The van der Waals surface area contributed by atoms with Gasteiger partial charge in [0.25, 0.3) is 0 Å². The molecule has 2 heterocycles. The number of anilines is 2. The standard InChI is InChI=1S/C19H14FN3.Sn/c1-13-4-2-6-16(10-13)23-17-7-3-5-14(11-17)19(21)15-8-9-22-18(20)12-15;/h2-4,6-12,23H,1H3;/q-1;+1. The molecule has 0 amide bonds. The van der Waals surface area contributed by atoms with Crippen molar-refractivity contribution in [3.05, 3.63) is 83.4 Å². The van der Waals surface area contributed by atoms with Crippen LogP contribution >= 0.6 is 0 Å². The number of rotatable bonds is 3. The predicted molar refractivity (Wildman–Crippen MR) is 96.1 cm³/mol. The first kappa shape index (κ1) is 15.3. The zero-order chi connectivity index (χ0) is 16.5. The molecular weight excluding hydrogens is 408 g/mol. The molecule has 24 heavy (non-hydrogen) atoms. The number of nitrogens with one attached hydrogen (secondary N) is 1. The van der Waals surface area contributed by atoms with Crippen molar-refractivity contribution in [1.82, 2.24) is 4.98 Å². The number of pyridine rings is 1. The summed E-state index contributed by atoms with van der Waals surface area (Å²) in [5.74, 6) is -0.469. The number of nitrogens with zero attached hydrogens (tertiary/aromatic N) is 2. The molecule has 1 aromatic heterocycles. The summed E-state index contributed by atoms with van der Waals surface area (Å²) in [6.07, 6.45) is 1.49. The van der Waals surface area contributed by atoms with E-state index in [1.807, 2.05) is 18.2 Å². The minimum atomic E-state index is -0.981. The summed E-state index contributed by atoms with van der Waals surface area (Å²) < 4.78 is 19.5.